The van der Waals surface area contributed by atoms with E-state index in [0.29, 0.717) is 36.6 Å². The summed E-state index contributed by atoms with van der Waals surface area (Å²) >= 11 is 0. The molecule has 0 saturated carbocycles. The Labute approximate surface area is 171 Å². The second-order valence-electron chi connectivity index (χ2n) is 6.75. The van der Waals surface area contributed by atoms with Gasteiger partial charge in [0.15, 0.2) is 11.4 Å². The van der Waals surface area contributed by atoms with Gasteiger partial charge in [0, 0.05) is 25.9 Å². The van der Waals surface area contributed by atoms with Gasteiger partial charge >= 0.3 is 0 Å². The molecule has 2 rings (SSSR count). The third-order valence-electron chi connectivity index (χ3n) is 4.74. The number of pyridine rings is 1. The lowest BCUT2D eigenvalue weighted by Gasteiger charge is -2.17. The van der Waals surface area contributed by atoms with Gasteiger partial charge in [0.25, 0.3) is 5.91 Å². The Morgan fingerprint density at radius 3 is 2.59 bits per heavy atom. The maximum atomic E-state index is 12.6. The standard InChI is InChI=1S/C22H30N4O3/c1-5-20(29-4)26-14-17(22(28)24-10-7-11-27)12-19(21(26)23)25-13-18-15(2)8-6-9-16(18)3/h5-6,8-9,12,14,23,25,27H,7,10-11,13H2,1-4H3,(H,24,28)/b20-5-,23-21?. The first kappa shape index (κ1) is 22.2. The fourth-order valence-corrected chi connectivity index (χ4v) is 3.08. The van der Waals surface area contributed by atoms with E-state index in [9.17, 15) is 4.79 Å². The summed E-state index contributed by atoms with van der Waals surface area (Å²) in [5, 5.41) is 23.6. The molecule has 0 fully saturated rings. The topological polar surface area (TPSA) is 99.4 Å². The van der Waals surface area contributed by atoms with Crippen molar-refractivity contribution in [3.63, 3.8) is 0 Å². The van der Waals surface area contributed by atoms with E-state index in [2.05, 4.69) is 36.6 Å². The second kappa shape index (κ2) is 10.5. The molecule has 0 spiro atoms. The van der Waals surface area contributed by atoms with Gasteiger partial charge in [0.1, 0.15) is 0 Å². The zero-order valence-electron chi connectivity index (χ0n) is 17.5. The molecule has 7 heteroatoms. The fourth-order valence-electron chi connectivity index (χ4n) is 3.08. The van der Waals surface area contributed by atoms with E-state index in [1.807, 2.05) is 13.0 Å². The smallest absolute Gasteiger partial charge is 0.252 e. The van der Waals surface area contributed by atoms with E-state index in [0.717, 1.165) is 5.56 Å². The maximum Gasteiger partial charge on any atom is 0.252 e. The maximum absolute atomic E-state index is 12.6. The van der Waals surface area contributed by atoms with Crippen LogP contribution in [0.25, 0.3) is 5.88 Å². The van der Waals surface area contributed by atoms with Crippen molar-refractivity contribution in [1.82, 2.24) is 9.88 Å². The Hall–Kier alpha value is -3.06. The third kappa shape index (κ3) is 5.48. The number of hydrogen-bond acceptors (Lipinski definition) is 5. The lowest BCUT2D eigenvalue weighted by Crippen LogP contribution is -2.29. The Bertz CT molecular complexity index is 927. The van der Waals surface area contributed by atoms with Crippen molar-refractivity contribution in [3.05, 3.63) is 64.3 Å². The average Bonchev–Trinajstić information content (AvgIpc) is 2.70. The highest BCUT2D eigenvalue weighted by atomic mass is 16.5. The van der Waals surface area contributed by atoms with E-state index in [4.69, 9.17) is 15.3 Å². The first-order chi connectivity index (χ1) is 13.9. The van der Waals surface area contributed by atoms with Crippen LogP contribution in [0.1, 0.15) is 40.4 Å². The molecule has 0 bridgehead atoms. The normalized spacial score (nSPS) is 11.3. The van der Waals surface area contributed by atoms with Crippen LogP contribution in [0, 0.1) is 19.3 Å². The number of ether oxygens (including phenoxy) is 1. The van der Waals surface area contributed by atoms with Gasteiger partial charge in [0.2, 0.25) is 0 Å². The molecule has 29 heavy (non-hydrogen) atoms. The van der Waals surface area contributed by atoms with Crippen LogP contribution in [0.5, 0.6) is 0 Å². The van der Waals surface area contributed by atoms with Gasteiger partial charge in [-0.2, -0.15) is 0 Å². The molecule has 0 radical (unpaired) electrons. The first-order valence-electron chi connectivity index (χ1n) is 9.62. The summed E-state index contributed by atoms with van der Waals surface area (Å²) in [5.41, 5.74) is 4.62. The van der Waals surface area contributed by atoms with Crippen LogP contribution >= 0.6 is 0 Å². The number of nitrogens with zero attached hydrogens (tertiary/aromatic N) is 1. The average molecular weight is 399 g/mol. The van der Waals surface area contributed by atoms with Crippen LogP contribution in [-0.2, 0) is 11.3 Å². The fraction of sp³-hybridized carbons (Fsp3) is 0.364. The molecule has 0 saturated heterocycles. The van der Waals surface area contributed by atoms with E-state index in [1.165, 1.54) is 22.8 Å². The molecule has 156 valence electrons. The minimum absolute atomic E-state index is 0.0148. The summed E-state index contributed by atoms with van der Waals surface area (Å²) in [6, 6.07) is 7.80. The summed E-state index contributed by atoms with van der Waals surface area (Å²) in [5.74, 6) is 0.184. The lowest BCUT2D eigenvalue weighted by molar-refractivity contribution is 0.0950. The first-order valence-corrected chi connectivity index (χ1v) is 9.62. The lowest BCUT2D eigenvalue weighted by atomic mass is 10.0. The molecular weight excluding hydrogens is 368 g/mol. The zero-order chi connectivity index (χ0) is 21.4. The molecule has 0 aliphatic heterocycles. The monoisotopic (exact) mass is 398 g/mol. The summed E-state index contributed by atoms with van der Waals surface area (Å²) in [6.07, 6.45) is 3.80. The van der Waals surface area contributed by atoms with Crippen molar-refractivity contribution >= 4 is 17.5 Å². The predicted molar refractivity (Wildman–Crippen MR) is 115 cm³/mol. The van der Waals surface area contributed by atoms with Crippen LogP contribution in [0.3, 0.4) is 0 Å². The number of aliphatic hydroxyl groups excluding tert-OH is 1. The third-order valence-corrected chi connectivity index (χ3v) is 4.74. The highest BCUT2D eigenvalue weighted by Crippen LogP contribution is 2.16. The number of aliphatic hydroxyl groups is 1. The number of amides is 1. The van der Waals surface area contributed by atoms with Gasteiger partial charge in [-0.3, -0.25) is 14.8 Å². The molecule has 1 amide bonds. The molecule has 1 aromatic carbocycles. The van der Waals surface area contributed by atoms with E-state index in [1.54, 1.807) is 18.3 Å². The minimum atomic E-state index is -0.270. The molecule has 0 atom stereocenters. The number of benzene rings is 1. The zero-order valence-corrected chi connectivity index (χ0v) is 17.5. The van der Waals surface area contributed by atoms with E-state index in [-0.39, 0.29) is 18.0 Å². The molecule has 1 heterocycles. The Morgan fingerprint density at radius 1 is 1.31 bits per heavy atom. The van der Waals surface area contributed by atoms with Gasteiger partial charge in [-0.1, -0.05) is 18.2 Å². The highest BCUT2D eigenvalue weighted by Gasteiger charge is 2.13. The SMILES string of the molecule is C/C=C(\OC)n1cc(C(=O)NCCCO)cc(NCc2c(C)cccc2C)c1=N. The van der Waals surface area contributed by atoms with E-state index >= 15 is 0 Å². The molecule has 0 aliphatic rings. The number of carbonyl (C=O) groups excluding carboxylic acids is 1. The van der Waals surface area contributed by atoms with Crippen molar-refractivity contribution in [2.45, 2.75) is 33.7 Å². The molecule has 2 aromatic rings. The van der Waals surface area contributed by atoms with Crippen LogP contribution < -0.4 is 16.1 Å². The van der Waals surface area contributed by atoms with Crippen molar-refractivity contribution in [2.24, 2.45) is 0 Å². The predicted octanol–water partition coefficient (Wildman–Crippen LogP) is 2.77. The van der Waals surface area contributed by atoms with Crippen molar-refractivity contribution in [3.8, 4) is 0 Å². The van der Waals surface area contributed by atoms with Crippen LogP contribution in [-0.4, -0.2) is 35.8 Å². The number of methoxy groups -OCH3 is 1. The molecule has 1 aromatic heterocycles. The minimum Gasteiger partial charge on any atom is -0.482 e. The Balaban J connectivity index is 2.41. The van der Waals surface area contributed by atoms with E-state index < -0.39 is 0 Å². The number of rotatable bonds is 9. The number of aromatic nitrogens is 1. The largest absolute Gasteiger partial charge is 0.482 e. The Morgan fingerprint density at radius 2 is 2.00 bits per heavy atom. The van der Waals surface area contributed by atoms with Gasteiger partial charge < -0.3 is 20.5 Å². The van der Waals surface area contributed by atoms with Crippen molar-refractivity contribution in [2.75, 3.05) is 25.6 Å². The van der Waals surface area contributed by atoms with Gasteiger partial charge in [-0.15, -0.1) is 0 Å². The Kier molecular flexibility index (Phi) is 8.03. The number of carbonyl (C=O) groups is 1. The molecule has 0 unspecified atom stereocenters. The van der Waals surface area contributed by atoms with Gasteiger partial charge in [-0.25, -0.2) is 0 Å². The summed E-state index contributed by atoms with van der Waals surface area (Å²) < 4.78 is 6.90. The van der Waals surface area contributed by atoms with Crippen molar-refractivity contribution in [1.29, 1.82) is 5.41 Å². The quantitative estimate of drug-likeness (QED) is 0.385. The summed E-state index contributed by atoms with van der Waals surface area (Å²) in [4.78, 5) is 12.6. The molecular formula is C22H30N4O3. The molecule has 0 aliphatic carbocycles. The van der Waals surface area contributed by atoms with Crippen LogP contribution in [0.4, 0.5) is 5.69 Å². The number of aryl methyl sites for hydroxylation is 2. The van der Waals surface area contributed by atoms with Crippen LogP contribution in [0.2, 0.25) is 0 Å². The van der Waals surface area contributed by atoms with Crippen LogP contribution in [0.15, 0.2) is 36.5 Å². The number of anilines is 1. The molecule has 4 N–H and O–H groups in total. The molecule has 7 nitrogen and oxygen atoms in total. The van der Waals surface area contributed by atoms with Gasteiger partial charge in [-0.05, 0) is 56.0 Å². The summed E-state index contributed by atoms with van der Waals surface area (Å²) in [6.45, 7) is 6.85. The highest BCUT2D eigenvalue weighted by molar-refractivity contribution is 5.94. The number of nitrogens with one attached hydrogen (secondary N) is 3. The van der Waals surface area contributed by atoms with Gasteiger partial charge in [0.05, 0.1) is 18.4 Å². The van der Waals surface area contributed by atoms with Crippen molar-refractivity contribution < 1.29 is 14.6 Å². The second-order valence-corrected chi connectivity index (χ2v) is 6.75. The number of allylic oxidation sites excluding steroid dienone is 1. The summed E-state index contributed by atoms with van der Waals surface area (Å²) in [7, 11) is 1.53. The number of hydrogen-bond donors (Lipinski definition) is 4.